The first-order valence-corrected chi connectivity index (χ1v) is 5.50. The van der Waals surface area contributed by atoms with Crippen molar-refractivity contribution < 1.29 is 9.84 Å². The SMILES string of the molecule is COCCN(C)c1cnn(C[C@@H](C)O)c(=O)c1. The summed E-state index contributed by atoms with van der Waals surface area (Å²) in [7, 11) is 3.50. The molecule has 1 N–H and O–H groups in total. The first kappa shape index (κ1) is 13.7. The Morgan fingerprint density at radius 2 is 2.35 bits per heavy atom. The minimum atomic E-state index is -0.586. The molecule has 0 aromatic carbocycles. The molecule has 0 amide bonds. The second-order valence-corrected chi connectivity index (χ2v) is 4.00. The maximum Gasteiger partial charge on any atom is 0.268 e. The van der Waals surface area contributed by atoms with Gasteiger partial charge in [0.1, 0.15) is 0 Å². The molecule has 1 heterocycles. The Morgan fingerprint density at radius 3 is 2.88 bits per heavy atom. The fourth-order valence-electron chi connectivity index (χ4n) is 1.38. The molecule has 0 radical (unpaired) electrons. The maximum absolute atomic E-state index is 11.7. The predicted molar refractivity (Wildman–Crippen MR) is 65.3 cm³/mol. The number of nitrogens with zero attached hydrogens (tertiary/aromatic N) is 3. The van der Waals surface area contributed by atoms with Crippen LogP contribution in [0, 0.1) is 0 Å². The maximum atomic E-state index is 11.7. The first-order valence-electron chi connectivity index (χ1n) is 5.50. The highest BCUT2D eigenvalue weighted by Crippen LogP contribution is 2.06. The van der Waals surface area contributed by atoms with E-state index in [2.05, 4.69) is 5.10 Å². The lowest BCUT2D eigenvalue weighted by molar-refractivity contribution is 0.166. The largest absolute Gasteiger partial charge is 0.391 e. The van der Waals surface area contributed by atoms with E-state index in [-0.39, 0.29) is 12.1 Å². The van der Waals surface area contributed by atoms with E-state index in [1.807, 2.05) is 11.9 Å². The van der Waals surface area contributed by atoms with Gasteiger partial charge in [-0.05, 0) is 6.92 Å². The zero-order chi connectivity index (χ0) is 12.8. The van der Waals surface area contributed by atoms with Crippen LogP contribution in [0.2, 0.25) is 0 Å². The number of ether oxygens (including phenoxy) is 1. The van der Waals surface area contributed by atoms with Gasteiger partial charge in [-0.3, -0.25) is 4.79 Å². The summed E-state index contributed by atoms with van der Waals surface area (Å²) in [6, 6.07) is 1.50. The van der Waals surface area contributed by atoms with Crippen LogP contribution in [0.15, 0.2) is 17.1 Å². The van der Waals surface area contributed by atoms with Crippen molar-refractivity contribution in [3.05, 3.63) is 22.6 Å². The van der Waals surface area contributed by atoms with Gasteiger partial charge in [0.25, 0.3) is 5.56 Å². The van der Waals surface area contributed by atoms with E-state index in [1.54, 1.807) is 20.2 Å². The van der Waals surface area contributed by atoms with Crippen molar-refractivity contribution in [2.75, 3.05) is 32.2 Å². The lowest BCUT2D eigenvalue weighted by atomic mass is 10.4. The Balaban J connectivity index is 2.77. The van der Waals surface area contributed by atoms with Crippen LogP contribution in [0.3, 0.4) is 0 Å². The molecular weight excluding hydrogens is 222 g/mol. The van der Waals surface area contributed by atoms with Crippen molar-refractivity contribution in [2.24, 2.45) is 0 Å². The van der Waals surface area contributed by atoms with Crippen LogP contribution in [-0.2, 0) is 11.3 Å². The third-order valence-corrected chi connectivity index (χ3v) is 2.36. The first-order chi connectivity index (χ1) is 8.04. The molecule has 0 saturated carbocycles. The molecule has 0 unspecified atom stereocenters. The van der Waals surface area contributed by atoms with Crippen molar-refractivity contribution in [3.8, 4) is 0 Å². The third kappa shape index (κ3) is 4.16. The van der Waals surface area contributed by atoms with Crippen molar-refractivity contribution in [1.82, 2.24) is 9.78 Å². The zero-order valence-corrected chi connectivity index (χ0v) is 10.5. The minimum Gasteiger partial charge on any atom is -0.391 e. The highest BCUT2D eigenvalue weighted by molar-refractivity contribution is 5.41. The molecular formula is C11H19N3O3. The predicted octanol–water partition coefficient (Wildman–Crippen LogP) is -0.293. The van der Waals surface area contributed by atoms with Crippen molar-refractivity contribution in [2.45, 2.75) is 19.6 Å². The van der Waals surface area contributed by atoms with Crippen molar-refractivity contribution in [3.63, 3.8) is 0 Å². The van der Waals surface area contributed by atoms with Crippen molar-refractivity contribution in [1.29, 1.82) is 0 Å². The molecule has 17 heavy (non-hydrogen) atoms. The molecule has 1 aromatic rings. The monoisotopic (exact) mass is 241 g/mol. The second kappa shape index (κ2) is 6.36. The molecule has 0 saturated heterocycles. The van der Waals surface area contributed by atoms with Crippen molar-refractivity contribution >= 4 is 5.69 Å². The van der Waals surface area contributed by atoms with Crippen LogP contribution in [0.1, 0.15) is 6.92 Å². The van der Waals surface area contributed by atoms with Crippen LogP contribution in [0.4, 0.5) is 5.69 Å². The molecule has 0 bridgehead atoms. The topological polar surface area (TPSA) is 67.6 Å². The zero-order valence-electron chi connectivity index (χ0n) is 10.5. The van der Waals surface area contributed by atoms with E-state index < -0.39 is 6.10 Å². The molecule has 1 rings (SSSR count). The number of aliphatic hydroxyl groups is 1. The van der Waals surface area contributed by atoms with Gasteiger partial charge in [0, 0.05) is 26.8 Å². The Hall–Kier alpha value is -1.40. The molecule has 0 fully saturated rings. The highest BCUT2D eigenvalue weighted by Gasteiger charge is 2.06. The van der Waals surface area contributed by atoms with Crippen LogP contribution < -0.4 is 10.5 Å². The van der Waals surface area contributed by atoms with Gasteiger partial charge >= 0.3 is 0 Å². The average Bonchev–Trinajstić information content (AvgIpc) is 2.28. The number of hydrogen-bond acceptors (Lipinski definition) is 5. The van der Waals surface area contributed by atoms with Crippen LogP contribution >= 0.6 is 0 Å². The van der Waals surface area contributed by atoms with Gasteiger partial charge in [-0.25, -0.2) is 4.68 Å². The molecule has 1 aromatic heterocycles. The second-order valence-electron chi connectivity index (χ2n) is 4.00. The Labute approximate surface area is 100 Å². The molecule has 0 aliphatic heterocycles. The minimum absolute atomic E-state index is 0.209. The fraction of sp³-hybridized carbons (Fsp3) is 0.636. The Morgan fingerprint density at radius 1 is 1.65 bits per heavy atom. The number of hydrogen-bond donors (Lipinski definition) is 1. The van der Waals surface area contributed by atoms with Crippen LogP contribution in [-0.4, -0.2) is 48.3 Å². The summed E-state index contributed by atoms with van der Waals surface area (Å²) in [5, 5.41) is 13.2. The molecule has 0 aliphatic rings. The lowest BCUT2D eigenvalue weighted by Crippen LogP contribution is -2.29. The third-order valence-electron chi connectivity index (χ3n) is 2.36. The van der Waals surface area contributed by atoms with E-state index in [9.17, 15) is 9.90 Å². The van der Waals surface area contributed by atoms with E-state index >= 15 is 0 Å². The molecule has 0 aliphatic carbocycles. The quantitative estimate of drug-likeness (QED) is 0.741. The van der Waals surface area contributed by atoms with E-state index in [0.29, 0.717) is 13.2 Å². The Kier molecular flexibility index (Phi) is 5.11. The van der Waals surface area contributed by atoms with Gasteiger partial charge in [-0.15, -0.1) is 0 Å². The fourth-order valence-corrected chi connectivity index (χ4v) is 1.38. The van der Waals surface area contributed by atoms with E-state index in [0.717, 1.165) is 5.69 Å². The van der Waals surface area contributed by atoms with E-state index in [4.69, 9.17) is 4.74 Å². The summed E-state index contributed by atoms with van der Waals surface area (Å²) >= 11 is 0. The summed E-state index contributed by atoms with van der Waals surface area (Å²) in [6.45, 7) is 3.11. The van der Waals surface area contributed by atoms with Gasteiger partial charge in [-0.1, -0.05) is 0 Å². The highest BCUT2D eigenvalue weighted by atomic mass is 16.5. The molecule has 6 nitrogen and oxygen atoms in total. The number of anilines is 1. The standard InChI is InChI=1S/C11H19N3O3/c1-9(15)8-14-11(16)6-10(7-12-14)13(2)4-5-17-3/h6-7,9,15H,4-5,8H2,1-3H3/t9-/m1/s1. The molecule has 96 valence electrons. The van der Waals surface area contributed by atoms with Crippen LogP contribution in [0.5, 0.6) is 0 Å². The van der Waals surface area contributed by atoms with Crippen LogP contribution in [0.25, 0.3) is 0 Å². The summed E-state index contributed by atoms with van der Waals surface area (Å²) < 4.78 is 6.21. The normalized spacial score (nSPS) is 12.5. The van der Waals surface area contributed by atoms with Gasteiger partial charge in [-0.2, -0.15) is 5.10 Å². The van der Waals surface area contributed by atoms with Gasteiger partial charge < -0.3 is 14.7 Å². The smallest absolute Gasteiger partial charge is 0.268 e. The summed E-state index contributed by atoms with van der Waals surface area (Å²) in [5.74, 6) is 0. The number of rotatable bonds is 6. The van der Waals surface area contributed by atoms with Gasteiger partial charge in [0.05, 0.1) is 31.1 Å². The molecule has 0 spiro atoms. The summed E-state index contributed by atoms with van der Waals surface area (Å²) in [4.78, 5) is 13.6. The summed E-state index contributed by atoms with van der Waals surface area (Å²) in [5.41, 5.74) is 0.529. The number of aliphatic hydroxyl groups excluding tert-OH is 1. The Bertz CT molecular complexity index is 403. The van der Waals surface area contributed by atoms with E-state index in [1.165, 1.54) is 10.7 Å². The molecule has 6 heteroatoms. The number of methoxy groups -OCH3 is 1. The molecule has 1 atom stereocenters. The average molecular weight is 241 g/mol. The summed E-state index contributed by atoms with van der Waals surface area (Å²) in [6.07, 6.45) is 1.02. The lowest BCUT2D eigenvalue weighted by Gasteiger charge is -2.18. The number of likely N-dealkylation sites (N-methyl/N-ethyl adjacent to an activating group) is 1. The van der Waals surface area contributed by atoms with Gasteiger partial charge in [0.2, 0.25) is 0 Å². The van der Waals surface area contributed by atoms with Gasteiger partial charge in [0.15, 0.2) is 0 Å². The number of aromatic nitrogens is 2.